The van der Waals surface area contributed by atoms with Crippen molar-refractivity contribution in [3.05, 3.63) is 52.0 Å². The molecular formula is C11H10IN3. The summed E-state index contributed by atoms with van der Waals surface area (Å²) in [4.78, 5) is 8.10. The molecule has 1 heterocycles. The van der Waals surface area contributed by atoms with Gasteiger partial charge in [-0.15, -0.1) is 0 Å². The first-order valence-electron chi connectivity index (χ1n) is 4.59. The van der Waals surface area contributed by atoms with Crippen molar-refractivity contribution in [1.82, 2.24) is 9.97 Å². The van der Waals surface area contributed by atoms with E-state index in [1.165, 1.54) is 5.56 Å². The zero-order valence-electron chi connectivity index (χ0n) is 8.02. The third-order valence-corrected chi connectivity index (χ3v) is 2.76. The molecule has 0 atom stereocenters. The van der Waals surface area contributed by atoms with Crippen LogP contribution in [0, 0.1) is 3.57 Å². The first-order valence-corrected chi connectivity index (χ1v) is 5.67. The molecule has 0 aliphatic rings. The highest BCUT2D eigenvalue weighted by atomic mass is 127. The van der Waals surface area contributed by atoms with E-state index in [9.17, 15) is 0 Å². The second kappa shape index (κ2) is 5.06. The zero-order chi connectivity index (χ0) is 10.5. The van der Waals surface area contributed by atoms with E-state index < -0.39 is 0 Å². The van der Waals surface area contributed by atoms with Crippen LogP contribution in [-0.4, -0.2) is 9.97 Å². The fourth-order valence-corrected chi connectivity index (χ4v) is 1.72. The van der Waals surface area contributed by atoms with Gasteiger partial charge < -0.3 is 5.32 Å². The molecule has 2 rings (SSSR count). The van der Waals surface area contributed by atoms with Crippen LogP contribution in [0.3, 0.4) is 0 Å². The Bertz CT molecular complexity index is 431. The predicted molar refractivity (Wildman–Crippen MR) is 68.5 cm³/mol. The maximum atomic E-state index is 4.16. The van der Waals surface area contributed by atoms with E-state index in [1.54, 1.807) is 12.5 Å². The number of anilines is 1. The van der Waals surface area contributed by atoms with E-state index in [-0.39, 0.29) is 0 Å². The molecule has 15 heavy (non-hydrogen) atoms. The second-order valence-corrected chi connectivity index (χ2v) is 4.22. The van der Waals surface area contributed by atoms with Gasteiger partial charge in [0.15, 0.2) is 0 Å². The normalized spacial score (nSPS) is 9.93. The average Bonchev–Trinajstić information content (AvgIpc) is 2.29. The molecule has 0 aliphatic heterocycles. The molecule has 0 fully saturated rings. The molecule has 0 saturated heterocycles. The van der Waals surface area contributed by atoms with Crippen LogP contribution in [0.1, 0.15) is 5.56 Å². The highest BCUT2D eigenvalue weighted by molar-refractivity contribution is 14.1. The summed E-state index contributed by atoms with van der Waals surface area (Å²) in [6.45, 7) is 0.786. The van der Waals surface area contributed by atoms with Crippen molar-refractivity contribution in [3.63, 3.8) is 0 Å². The molecule has 3 nitrogen and oxygen atoms in total. The van der Waals surface area contributed by atoms with Gasteiger partial charge in [0.1, 0.15) is 12.1 Å². The van der Waals surface area contributed by atoms with Gasteiger partial charge in [-0.2, -0.15) is 0 Å². The summed E-state index contributed by atoms with van der Waals surface area (Å²) < 4.78 is 1.03. The monoisotopic (exact) mass is 311 g/mol. The summed E-state index contributed by atoms with van der Waals surface area (Å²) in [6.07, 6.45) is 3.34. The maximum Gasteiger partial charge on any atom is 0.143 e. The van der Waals surface area contributed by atoms with Crippen LogP contribution in [0.4, 0.5) is 5.82 Å². The lowest BCUT2D eigenvalue weighted by atomic mass is 10.2. The molecule has 1 N–H and O–H groups in total. The van der Waals surface area contributed by atoms with Crippen molar-refractivity contribution in [2.24, 2.45) is 0 Å². The molecule has 4 heteroatoms. The molecule has 0 radical (unpaired) electrons. The number of nitrogens with one attached hydrogen (secondary N) is 1. The van der Waals surface area contributed by atoms with Crippen LogP contribution in [-0.2, 0) is 6.54 Å². The molecule has 0 saturated carbocycles. The minimum absolute atomic E-state index is 0.786. The number of hydrogen-bond acceptors (Lipinski definition) is 3. The van der Waals surface area contributed by atoms with Gasteiger partial charge in [0.05, 0.1) is 3.57 Å². The van der Waals surface area contributed by atoms with Crippen molar-refractivity contribution in [2.45, 2.75) is 6.54 Å². The highest BCUT2D eigenvalue weighted by Crippen LogP contribution is 2.13. The Morgan fingerprint density at radius 1 is 1.20 bits per heavy atom. The number of aromatic nitrogens is 2. The van der Waals surface area contributed by atoms with Gasteiger partial charge in [-0.1, -0.05) is 30.3 Å². The van der Waals surface area contributed by atoms with Crippen LogP contribution in [0.25, 0.3) is 0 Å². The Balaban J connectivity index is 2.03. The highest BCUT2D eigenvalue weighted by Gasteiger charge is 1.99. The first-order chi connectivity index (χ1) is 7.36. The van der Waals surface area contributed by atoms with E-state index in [0.717, 1.165) is 15.9 Å². The van der Waals surface area contributed by atoms with Crippen molar-refractivity contribution in [1.29, 1.82) is 0 Å². The Morgan fingerprint density at radius 3 is 2.73 bits per heavy atom. The van der Waals surface area contributed by atoms with Crippen molar-refractivity contribution in [3.8, 4) is 0 Å². The second-order valence-electron chi connectivity index (χ2n) is 3.06. The van der Waals surface area contributed by atoms with Gasteiger partial charge in [0, 0.05) is 12.7 Å². The Labute approximate surface area is 102 Å². The van der Waals surface area contributed by atoms with Gasteiger partial charge in [0.25, 0.3) is 0 Å². The molecule has 1 aromatic heterocycles. The Kier molecular flexibility index (Phi) is 3.49. The smallest absolute Gasteiger partial charge is 0.143 e. The maximum absolute atomic E-state index is 4.16. The standard InChI is InChI=1S/C11H10IN3/c12-10-7-13-8-15-11(10)14-6-9-4-2-1-3-5-9/h1-5,7-8H,6H2,(H,13,14,15). The van der Waals surface area contributed by atoms with Crippen molar-refractivity contribution in [2.75, 3.05) is 5.32 Å². The average molecular weight is 311 g/mol. The lowest BCUT2D eigenvalue weighted by Gasteiger charge is -2.06. The van der Waals surface area contributed by atoms with Crippen LogP contribution in [0.5, 0.6) is 0 Å². The van der Waals surface area contributed by atoms with Crippen LogP contribution in [0.15, 0.2) is 42.9 Å². The number of rotatable bonds is 3. The molecule has 2 aromatic rings. The molecular weight excluding hydrogens is 301 g/mol. The zero-order valence-corrected chi connectivity index (χ0v) is 10.2. The van der Waals surface area contributed by atoms with E-state index in [2.05, 4.69) is 50.0 Å². The third-order valence-electron chi connectivity index (χ3n) is 1.97. The first kappa shape index (κ1) is 10.4. The van der Waals surface area contributed by atoms with E-state index in [1.807, 2.05) is 18.2 Å². The summed E-state index contributed by atoms with van der Waals surface area (Å²) in [6, 6.07) is 10.2. The minimum Gasteiger partial charge on any atom is -0.365 e. The van der Waals surface area contributed by atoms with Gasteiger partial charge in [-0.25, -0.2) is 9.97 Å². The summed E-state index contributed by atoms with van der Waals surface area (Å²) >= 11 is 2.22. The summed E-state index contributed by atoms with van der Waals surface area (Å²) in [7, 11) is 0. The number of hydrogen-bond donors (Lipinski definition) is 1. The molecule has 76 valence electrons. The summed E-state index contributed by atoms with van der Waals surface area (Å²) in [5, 5.41) is 3.27. The molecule has 0 unspecified atom stereocenters. The topological polar surface area (TPSA) is 37.8 Å². The van der Waals surface area contributed by atoms with Gasteiger partial charge in [0.2, 0.25) is 0 Å². The van der Waals surface area contributed by atoms with Crippen molar-refractivity contribution >= 4 is 28.4 Å². The van der Waals surface area contributed by atoms with E-state index in [0.29, 0.717) is 0 Å². The molecule has 1 aromatic carbocycles. The largest absolute Gasteiger partial charge is 0.365 e. The Morgan fingerprint density at radius 2 is 2.00 bits per heavy atom. The quantitative estimate of drug-likeness (QED) is 0.886. The van der Waals surface area contributed by atoms with Crippen molar-refractivity contribution < 1.29 is 0 Å². The summed E-state index contributed by atoms with van der Waals surface area (Å²) in [5.41, 5.74) is 1.24. The third kappa shape index (κ3) is 2.89. The van der Waals surface area contributed by atoms with E-state index >= 15 is 0 Å². The van der Waals surface area contributed by atoms with Crippen LogP contribution < -0.4 is 5.32 Å². The molecule has 0 aliphatic carbocycles. The van der Waals surface area contributed by atoms with Gasteiger partial charge >= 0.3 is 0 Å². The lowest BCUT2D eigenvalue weighted by molar-refractivity contribution is 1.07. The predicted octanol–water partition coefficient (Wildman–Crippen LogP) is 2.69. The number of benzene rings is 1. The summed E-state index contributed by atoms with van der Waals surface area (Å²) in [5.74, 6) is 0.884. The van der Waals surface area contributed by atoms with E-state index in [4.69, 9.17) is 0 Å². The van der Waals surface area contributed by atoms with Crippen LogP contribution in [0.2, 0.25) is 0 Å². The van der Waals surface area contributed by atoms with Gasteiger partial charge in [-0.3, -0.25) is 0 Å². The molecule has 0 spiro atoms. The fourth-order valence-electron chi connectivity index (χ4n) is 1.22. The van der Waals surface area contributed by atoms with Gasteiger partial charge in [-0.05, 0) is 28.2 Å². The minimum atomic E-state index is 0.786. The lowest BCUT2D eigenvalue weighted by Crippen LogP contribution is -2.03. The fraction of sp³-hybridized carbons (Fsp3) is 0.0909. The number of halogens is 1. The SMILES string of the molecule is Ic1cncnc1NCc1ccccc1. The molecule has 0 bridgehead atoms. The number of nitrogens with zero attached hydrogens (tertiary/aromatic N) is 2. The Hall–Kier alpha value is -1.17. The molecule has 0 amide bonds. The van der Waals surface area contributed by atoms with Crippen LogP contribution >= 0.6 is 22.6 Å².